The maximum absolute atomic E-state index is 14.0. The maximum atomic E-state index is 14.0. The second kappa shape index (κ2) is 11.3. The third-order valence-electron chi connectivity index (χ3n) is 6.11. The minimum atomic E-state index is -5.17. The van der Waals surface area contributed by atoms with Gasteiger partial charge in [0.15, 0.2) is 10.5 Å². The highest BCUT2D eigenvalue weighted by Crippen LogP contribution is 2.36. The van der Waals surface area contributed by atoms with E-state index in [1.165, 1.54) is 23.5 Å². The Morgan fingerprint density at radius 2 is 1.86 bits per heavy atom. The van der Waals surface area contributed by atoms with E-state index in [9.17, 15) is 31.7 Å². The third-order valence-corrected chi connectivity index (χ3v) is 8.52. The normalized spacial score (nSPS) is 14.7. The summed E-state index contributed by atoms with van der Waals surface area (Å²) in [5.74, 6) is -5.63. The standard InChI is InChI=1S/C25H25FN2O7S2/c1-15(29)25(2,37(32,33)34)21(18-5-4-6-19(26)14-18)22(30)28-20(24(31)35-3)13-16-7-9-17(10-8-16)23-27-11-12-36-23/h4-12,14,20-21H,13H2,1-3H3,(H,28,30)(H,32,33,34)/t20-,21?,25?/m0/s1. The molecule has 0 aliphatic heterocycles. The van der Waals surface area contributed by atoms with E-state index in [2.05, 4.69) is 10.3 Å². The number of carbonyl (C=O) groups is 3. The molecule has 196 valence electrons. The highest BCUT2D eigenvalue weighted by atomic mass is 32.2. The van der Waals surface area contributed by atoms with E-state index >= 15 is 0 Å². The summed E-state index contributed by atoms with van der Waals surface area (Å²) in [6, 6.07) is 10.2. The fraction of sp³-hybridized carbons (Fsp3) is 0.280. The zero-order valence-electron chi connectivity index (χ0n) is 20.2. The number of Topliss-reactive ketones (excluding diaryl/α,β-unsaturated/α-hetero) is 1. The van der Waals surface area contributed by atoms with Gasteiger partial charge < -0.3 is 10.1 Å². The zero-order chi connectivity index (χ0) is 27.4. The van der Waals surface area contributed by atoms with Gasteiger partial charge in [-0.1, -0.05) is 36.4 Å². The number of nitrogens with zero attached hydrogens (tertiary/aromatic N) is 1. The van der Waals surface area contributed by atoms with Gasteiger partial charge in [-0.2, -0.15) is 8.42 Å². The Balaban J connectivity index is 1.97. The molecule has 0 aliphatic carbocycles. The Hall–Kier alpha value is -3.48. The summed E-state index contributed by atoms with van der Waals surface area (Å²) >= 11 is 1.46. The zero-order valence-corrected chi connectivity index (χ0v) is 21.8. The van der Waals surface area contributed by atoms with Crippen LogP contribution in [0.25, 0.3) is 10.6 Å². The molecule has 0 spiro atoms. The fourth-order valence-corrected chi connectivity index (χ4v) is 5.46. The topological polar surface area (TPSA) is 140 Å². The Morgan fingerprint density at radius 1 is 1.19 bits per heavy atom. The lowest BCUT2D eigenvalue weighted by atomic mass is 9.82. The lowest BCUT2D eigenvalue weighted by molar-refractivity contribution is -0.145. The van der Waals surface area contributed by atoms with Crippen LogP contribution in [0.2, 0.25) is 0 Å². The van der Waals surface area contributed by atoms with Gasteiger partial charge in [0.1, 0.15) is 16.9 Å². The molecule has 37 heavy (non-hydrogen) atoms. The molecule has 1 aromatic heterocycles. The van der Waals surface area contributed by atoms with Gasteiger partial charge in [0.05, 0.1) is 13.0 Å². The van der Waals surface area contributed by atoms with E-state index in [-0.39, 0.29) is 12.0 Å². The Bertz CT molecular complexity index is 1390. The van der Waals surface area contributed by atoms with Crippen molar-refractivity contribution in [3.8, 4) is 10.6 Å². The fourth-order valence-electron chi connectivity index (χ4n) is 3.92. The highest BCUT2D eigenvalue weighted by molar-refractivity contribution is 7.88. The number of ether oxygens (including phenoxy) is 1. The number of hydrogen-bond donors (Lipinski definition) is 2. The molecule has 0 fully saturated rings. The monoisotopic (exact) mass is 548 g/mol. The number of benzene rings is 2. The van der Waals surface area contributed by atoms with E-state index in [1.54, 1.807) is 30.5 Å². The van der Waals surface area contributed by atoms with Crippen molar-refractivity contribution in [2.24, 2.45) is 0 Å². The van der Waals surface area contributed by atoms with Gasteiger partial charge in [-0.25, -0.2) is 14.2 Å². The van der Waals surface area contributed by atoms with E-state index in [4.69, 9.17) is 4.74 Å². The number of nitrogens with one attached hydrogen (secondary N) is 1. The maximum Gasteiger partial charge on any atom is 0.328 e. The van der Waals surface area contributed by atoms with Crippen molar-refractivity contribution in [3.63, 3.8) is 0 Å². The molecule has 2 unspecified atom stereocenters. The lowest BCUT2D eigenvalue weighted by Gasteiger charge is -2.33. The van der Waals surface area contributed by atoms with Crippen LogP contribution in [-0.4, -0.2) is 53.5 Å². The first-order valence-electron chi connectivity index (χ1n) is 11.0. The average Bonchev–Trinajstić information content (AvgIpc) is 3.38. The predicted octanol–water partition coefficient (Wildman–Crippen LogP) is 3.17. The molecule has 0 bridgehead atoms. The van der Waals surface area contributed by atoms with Crippen LogP contribution >= 0.6 is 11.3 Å². The number of aromatic nitrogens is 1. The lowest BCUT2D eigenvalue weighted by Crippen LogP contribution is -2.55. The molecule has 3 rings (SSSR count). The Kier molecular flexibility index (Phi) is 8.57. The van der Waals surface area contributed by atoms with Crippen molar-refractivity contribution in [2.45, 2.75) is 37.0 Å². The number of ketones is 1. The van der Waals surface area contributed by atoms with Crippen molar-refractivity contribution in [1.29, 1.82) is 0 Å². The van der Waals surface area contributed by atoms with Gasteiger partial charge in [-0.15, -0.1) is 11.3 Å². The van der Waals surface area contributed by atoms with Crippen molar-refractivity contribution >= 4 is 39.1 Å². The average molecular weight is 549 g/mol. The number of methoxy groups -OCH3 is 1. The van der Waals surface area contributed by atoms with Crippen LogP contribution < -0.4 is 5.32 Å². The molecule has 0 saturated heterocycles. The number of rotatable bonds is 10. The van der Waals surface area contributed by atoms with Gasteiger partial charge in [-0.05, 0) is 37.1 Å². The van der Waals surface area contributed by atoms with E-state index in [0.29, 0.717) is 5.56 Å². The van der Waals surface area contributed by atoms with Crippen molar-refractivity contribution < 1.29 is 36.5 Å². The molecule has 2 N–H and O–H groups in total. The van der Waals surface area contributed by atoms with Crippen LogP contribution in [0.1, 0.15) is 30.9 Å². The summed E-state index contributed by atoms with van der Waals surface area (Å²) in [7, 11) is -4.05. The molecule has 2 aromatic carbocycles. The number of thiazole rings is 1. The molecular formula is C25H25FN2O7S2. The van der Waals surface area contributed by atoms with Gasteiger partial charge in [0, 0.05) is 23.6 Å². The van der Waals surface area contributed by atoms with E-state index in [0.717, 1.165) is 43.7 Å². The quantitative estimate of drug-likeness (QED) is 0.291. The summed E-state index contributed by atoms with van der Waals surface area (Å²) in [6.45, 7) is 1.78. The number of carbonyl (C=O) groups excluding carboxylic acids is 3. The number of hydrogen-bond acceptors (Lipinski definition) is 8. The highest BCUT2D eigenvalue weighted by Gasteiger charge is 2.54. The minimum Gasteiger partial charge on any atom is -0.467 e. The largest absolute Gasteiger partial charge is 0.467 e. The van der Waals surface area contributed by atoms with Crippen molar-refractivity contribution in [2.75, 3.05) is 7.11 Å². The van der Waals surface area contributed by atoms with Crippen molar-refractivity contribution in [1.82, 2.24) is 10.3 Å². The second-order valence-electron chi connectivity index (χ2n) is 8.45. The van der Waals surface area contributed by atoms with Crippen molar-refractivity contribution in [3.05, 3.63) is 77.1 Å². The van der Waals surface area contributed by atoms with Gasteiger partial charge in [0.2, 0.25) is 5.91 Å². The summed E-state index contributed by atoms with van der Waals surface area (Å²) < 4.78 is 50.9. The summed E-state index contributed by atoms with van der Waals surface area (Å²) in [5.41, 5.74) is 1.32. The van der Waals surface area contributed by atoms with E-state index in [1.807, 2.05) is 5.38 Å². The smallest absolute Gasteiger partial charge is 0.328 e. The molecule has 12 heteroatoms. The first-order valence-corrected chi connectivity index (χ1v) is 13.3. The molecule has 3 aromatic rings. The van der Waals surface area contributed by atoms with Crippen LogP contribution in [0.15, 0.2) is 60.1 Å². The Morgan fingerprint density at radius 3 is 2.38 bits per heavy atom. The molecule has 3 atom stereocenters. The minimum absolute atomic E-state index is 0.0326. The molecular weight excluding hydrogens is 523 g/mol. The first-order chi connectivity index (χ1) is 17.4. The van der Waals surface area contributed by atoms with Crippen LogP contribution in [0.3, 0.4) is 0 Å². The van der Waals surface area contributed by atoms with Gasteiger partial charge >= 0.3 is 5.97 Å². The summed E-state index contributed by atoms with van der Waals surface area (Å²) in [6.07, 6.45) is 1.64. The van der Waals surface area contributed by atoms with Crippen LogP contribution in [0.5, 0.6) is 0 Å². The van der Waals surface area contributed by atoms with Gasteiger partial charge in [0.25, 0.3) is 10.1 Å². The van der Waals surface area contributed by atoms with Gasteiger partial charge in [-0.3, -0.25) is 14.1 Å². The SMILES string of the molecule is COC(=O)[C@H](Cc1ccc(-c2nccs2)cc1)NC(=O)C(c1cccc(F)c1)C(C)(C(C)=O)S(=O)(=O)O. The number of esters is 1. The number of amides is 1. The molecule has 1 heterocycles. The molecule has 0 saturated carbocycles. The molecule has 0 radical (unpaired) electrons. The molecule has 0 aliphatic rings. The first kappa shape index (κ1) is 28.1. The molecule has 1 amide bonds. The van der Waals surface area contributed by atoms with E-state index < -0.39 is 50.3 Å². The summed E-state index contributed by atoms with van der Waals surface area (Å²) in [4.78, 5) is 42.8. The second-order valence-corrected chi connectivity index (χ2v) is 11.1. The predicted molar refractivity (Wildman–Crippen MR) is 135 cm³/mol. The summed E-state index contributed by atoms with van der Waals surface area (Å²) in [5, 5.41) is 5.07. The van der Waals surface area contributed by atoms with Crippen LogP contribution in [-0.2, 0) is 35.7 Å². The van der Waals surface area contributed by atoms with Crippen LogP contribution in [0.4, 0.5) is 4.39 Å². The third kappa shape index (κ3) is 6.09. The Labute approximate surface area is 217 Å². The number of halogens is 1. The van der Waals surface area contributed by atoms with Crippen LogP contribution in [0, 0.1) is 5.82 Å². The molecule has 9 nitrogen and oxygen atoms in total.